The molecule has 2 aliphatic rings. The Balaban J connectivity index is 2.08. The molecular weight excluding hydrogens is 246 g/mol. The van der Waals surface area contributed by atoms with Crippen molar-refractivity contribution < 1.29 is 4.79 Å². The highest BCUT2D eigenvalue weighted by Gasteiger charge is 2.46. The highest BCUT2D eigenvalue weighted by molar-refractivity contribution is 8.03. The van der Waals surface area contributed by atoms with E-state index in [1.54, 1.807) is 16.7 Å². The molecule has 4 nitrogen and oxygen atoms in total. The third kappa shape index (κ3) is 2.55. The molecule has 18 heavy (non-hydrogen) atoms. The number of carbonyl (C=O) groups is 1. The van der Waals surface area contributed by atoms with Crippen LogP contribution >= 0.6 is 11.8 Å². The number of carbonyl (C=O) groups excluding carboxylic acids is 1. The fourth-order valence-electron chi connectivity index (χ4n) is 2.62. The largest absolute Gasteiger partial charge is 0.342 e. The summed E-state index contributed by atoms with van der Waals surface area (Å²) in [6.45, 7) is 6.66. The van der Waals surface area contributed by atoms with Crippen molar-refractivity contribution >= 4 is 23.6 Å². The number of guanidine groups is 1. The summed E-state index contributed by atoms with van der Waals surface area (Å²) in [5, 5.41) is 11.0. The number of nitrogens with one attached hydrogen (secondary N) is 2. The minimum Gasteiger partial charge on any atom is -0.342 e. The topological polar surface area (TPSA) is 56.2 Å². The molecule has 0 bridgehead atoms. The van der Waals surface area contributed by atoms with E-state index in [0.717, 1.165) is 18.6 Å². The SMILES string of the molecule is CC(C)CC1(C)NC(=N)N(CC2=CCCS2)C1=O. The van der Waals surface area contributed by atoms with Gasteiger partial charge in [-0.15, -0.1) is 11.8 Å². The van der Waals surface area contributed by atoms with Crippen LogP contribution in [-0.2, 0) is 4.79 Å². The molecule has 1 atom stereocenters. The van der Waals surface area contributed by atoms with Gasteiger partial charge in [0, 0.05) is 10.7 Å². The van der Waals surface area contributed by atoms with Crippen molar-refractivity contribution in [1.82, 2.24) is 10.2 Å². The molecule has 0 spiro atoms. The van der Waals surface area contributed by atoms with Crippen LogP contribution in [0.2, 0.25) is 0 Å². The molecule has 1 unspecified atom stereocenters. The van der Waals surface area contributed by atoms with Gasteiger partial charge >= 0.3 is 0 Å². The number of hydrogen-bond acceptors (Lipinski definition) is 3. The first kappa shape index (κ1) is 13.5. The molecule has 0 aliphatic carbocycles. The van der Waals surface area contributed by atoms with Crippen molar-refractivity contribution in [2.24, 2.45) is 5.92 Å². The Kier molecular flexibility index (Phi) is 3.71. The first-order chi connectivity index (χ1) is 8.42. The van der Waals surface area contributed by atoms with Gasteiger partial charge in [-0.2, -0.15) is 0 Å². The van der Waals surface area contributed by atoms with Crippen LogP contribution in [0, 0.1) is 11.3 Å². The van der Waals surface area contributed by atoms with E-state index in [0.29, 0.717) is 12.5 Å². The lowest BCUT2D eigenvalue weighted by molar-refractivity contribution is -0.130. The average Bonchev–Trinajstić information content (AvgIpc) is 2.81. The van der Waals surface area contributed by atoms with Gasteiger partial charge in [0.05, 0.1) is 6.54 Å². The highest BCUT2D eigenvalue weighted by atomic mass is 32.2. The molecule has 2 rings (SSSR count). The maximum Gasteiger partial charge on any atom is 0.255 e. The lowest BCUT2D eigenvalue weighted by Gasteiger charge is -2.24. The van der Waals surface area contributed by atoms with Gasteiger partial charge in [-0.3, -0.25) is 15.1 Å². The van der Waals surface area contributed by atoms with Crippen LogP contribution in [0.15, 0.2) is 11.0 Å². The summed E-state index contributed by atoms with van der Waals surface area (Å²) < 4.78 is 0. The molecule has 5 heteroatoms. The maximum absolute atomic E-state index is 12.4. The zero-order valence-electron chi connectivity index (χ0n) is 11.2. The molecule has 1 saturated heterocycles. The summed E-state index contributed by atoms with van der Waals surface area (Å²) in [6, 6.07) is 0. The van der Waals surface area contributed by atoms with E-state index in [1.165, 1.54) is 4.91 Å². The first-order valence-corrected chi connectivity index (χ1v) is 7.41. The van der Waals surface area contributed by atoms with Gasteiger partial charge in [0.15, 0.2) is 5.96 Å². The molecule has 2 heterocycles. The zero-order chi connectivity index (χ0) is 13.3. The summed E-state index contributed by atoms with van der Waals surface area (Å²) in [7, 11) is 0. The van der Waals surface area contributed by atoms with E-state index in [-0.39, 0.29) is 11.9 Å². The van der Waals surface area contributed by atoms with Crippen LogP contribution in [-0.4, -0.2) is 34.6 Å². The van der Waals surface area contributed by atoms with E-state index < -0.39 is 5.54 Å². The molecule has 0 aromatic rings. The quantitative estimate of drug-likeness (QED) is 0.821. The van der Waals surface area contributed by atoms with Gasteiger partial charge in [0.2, 0.25) is 0 Å². The number of thioether (sulfide) groups is 1. The van der Waals surface area contributed by atoms with E-state index in [9.17, 15) is 4.79 Å². The molecule has 0 aromatic heterocycles. The number of allylic oxidation sites excluding steroid dienone is 1. The highest BCUT2D eigenvalue weighted by Crippen LogP contribution is 2.29. The summed E-state index contributed by atoms with van der Waals surface area (Å²) in [5.41, 5.74) is -0.602. The minimum atomic E-state index is -0.602. The number of nitrogens with zero attached hydrogens (tertiary/aromatic N) is 1. The fourth-order valence-corrected chi connectivity index (χ4v) is 3.58. The molecule has 2 aliphatic heterocycles. The Hall–Kier alpha value is -0.970. The molecule has 2 N–H and O–H groups in total. The number of hydrogen-bond donors (Lipinski definition) is 2. The predicted molar refractivity (Wildman–Crippen MR) is 75.6 cm³/mol. The normalized spacial score (nSPS) is 28.0. The zero-order valence-corrected chi connectivity index (χ0v) is 12.1. The van der Waals surface area contributed by atoms with E-state index in [4.69, 9.17) is 5.41 Å². The van der Waals surface area contributed by atoms with Gasteiger partial charge in [-0.05, 0) is 25.7 Å². The summed E-state index contributed by atoms with van der Waals surface area (Å²) in [4.78, 5) is 15.2. The lowest BCUT2D eigenvalue weighted by atomic mass is 9.91. The Bertz CT molecular complexity index is 405. The first-order valence-electron chi connectivity index (χ1n) is 6.43. The molecule has 0 radical (unpaired) electrons. The lowest BCUT2D eigenvalue weighted by Crippen LogP contribution is -2.45. The molecule has 1 fully saturated rings. The maximum atomic E-state index is 12.4. The van der Waals surface area contributed by atoms with Crippen molar-refractivity contribution in [1.29, 1.82) is 5.41 Å². The van der Waals surface area contributed by atoms with Crippen LogP contribution in [0.5, 0.6) is 0 Å². The molecule has 0 aromatic carbocycles. The monoisotopic (exact) mass is 267 g/mol. The fraction of sp³-hybridized carbons (Fsp3) is 0.692. The smallest absolute Gasteiger partial charge is 0.255 e. The summed E-state index contributed by atoms with van der Waals surface area (Å²) in [5.74, 6) is 1.81. The third-order valence-corrected chi connectivity index (χ3v) is 4.40. The van der Waals surface area contributed by atoms with E-state index in [1.807, 2.05) is 6.92 Å². The van der Waals surface area contributed by atoms with Crippen LogP contribution in [0.25, 0.3) is 0 Å². The van der Waals surface area contributed by atoms with Crippen molar-refractivity contribution in [3.8, 4) is 0 Å². The van der Waals surface area contributed by atoms with E-state index >= 15 is 0 Å². The Morgan fingerprint density at radius 1 is 1.61 bits per heavy atom. The number of rotatable bonds is 4. The summed E-state index contributed by atoms with van der Waals surface area (Å²) in [6.07, 6.45) is 4.01. The third-order valence-electron chi connectivity index (χ3n) is 3.29. The summed E-state index contributed by atoms with van der Waals surface area (Å²) >= 11 is 1.79. The van der Waals surface area contributed by atoms with Crippen molar-refractivity contribution in [2.45, 2.75) is 39.2 Å². The Morgan fingerprint density at radius 2 is 2.33 bits per heavy atom. The molecule has 0 saturated carbocycles. The second-order valence-corrected chi connectivity index (χ2v) is 6.82. The second kappa shape index (κ2) is 4.96. The standard InChI is InChI=1S/C13H21N3OS/c1-9(2)7-13(3)11(17)16(12(14)15-13)8-10-5-4-6-18-10/h5,9H,4,6-8H2,1-3H3,(H2,14,15). The van der Waals surface area contributed by atoms with Crippen LogP contribution in [0.1, 0.15) is 33.6 Å². The van der Waals surface area contributed by atoms with Gasteiger partial charge in [0.25, 0.3) is 5.91 Å². The van der Waals surface area contributed by atoms with Crippen molar-refractivity contribution in [3.05, 3.63) is 11.0 Å². The van der Waals surface area contributed by atoms with Gasteiger partial charge in [-0.25, -0.2) is 0 Å². The average molecular weight is 267 g/mol. The molecule has 1 amide bonds. The van der Waals surface area contributed by atoms with Crippen LogP contribution in [0.4, 0.5) is 0 Å². The molecular formula is C13H21N3OS. The Morgan fingerprint density at radius 3 is 2.89 bits per heavy atom. The van der Waals surface area contributed by atoms with Crippen LogP contribution < -0.4 is 5.32 Å². The van der Waals surface area contributed by atoms with Gasteiger partial charge < -0.3 is 5.32 Å². The Labute approximate surface area is 113 Å². The van der Waals surface area contributed by atoms with Crippen molar-refractivity contribution in [3.63, 3.8) is 0 Å². The molecule has 100 valence electrons. The van der Waals surface area contributed by atoms with Crippen molar-refractivity contribution in [2.75, 3.05) is 12.3 Å². The second-order valence-electron chi connectivity index (χ2n) is 5.60. The van der Waals surface area contributed by atoms with Gasteiger partial charge in [-0.1, -0.05) is 19.9 Å². The van der Waals surface area contributed by atoms with Crippen LogP contribution in [0.3, 0.4) is 0 Å². The number of amides is 1. The predicted octanol–water partition coefficient (Wildman–Crippen LogP) is 2.18. The van der Waals surface area contributed by atoms with E-state index in [2.05, 4.69) is 25.2 Å². The minimum absolute atomic E-state index is 0.0367. The van der Waals surface area contributed by atoms with Gasteiger partial charge in [0.1, 0.15) is 5.54 Å².